The van der Waals surface area contributed by atoms with Crippen molar-refractivity contribution in [2.75, 3.05) is 69.8 Å². The molecule has 3 aromatic heterocycles. The van der Waals surface area contributed by atoms with E-state index in [0.29, 0.717) is 49.4 Å². The minimum Gasteiger partial charge on any atom is -0.462 e. The van der Waals surface area contributed by atoms with Crippen molar-refractivity contribution in [1.82, 2.24) is 40.7 Å². The number of nitrogens with zero attached hydrogens (tertiary/aromatic N) is 7. The Kier molecular flexibility index (Phi) is 17.2. The third-order valence-corrected chi connectivity index (χ3v) is 18.1. The maximum Gasteiger partial charge on any atom is 0.319 e. The van der Waals surface area contributed by atoms with E-state index < -0.39 is 59.0 Å². The highest BCUT2D eigenvalue weighted by atomic mass is 35.5. The minimum atomic E-state index is -1.02. The number of hydrogen-bond acceptors (Lipinski definition) is 17. The first-order chi connectivity index (χ1) is 38.4. The van der Waals surface area contributed by atoms with Gasteiger partial charge in [0.15, 0.2) is 5.82 Å². The number of nitrogens with one attached hydrogen (secondary N) is 3. The fourth-order valence-electron chi connectivity index (χ4n) is 11.7. The van der Waals surface area contributed by atoms with Crippen LogP contribution in [0.15, 0.2) is 48.0 Å². The fourth-order valence-corrected chi connectivity index (χ4v) is 13.7. The average molecular weight is 1150 g/mol. The SMILES string of the molecule is Cc1ncsc1-c1ccc([C@H](CO)NC(=O)[C@@H]2C[C@@H](O)CN2C(=O)[C@@H](NC(=O)CCOCCCN2CCC[C@H]2COc2nc(N3CC4CCC(C3)N4)c3cc(Cl)c(-c4ccc(F)c5sc(N)c(C#N)c45)c(F)c3n2)C(C)(C)C)cc1. The Morgan fingerprint density at radius 2 is 1.81 bits per heavy atom. The van der Waals surface area contributed by atoms with Crippen molar-refractivity contribution in [3.8, 4) is 33.6 Å². The molecule has 4 saturated heterocycles. The van der Waals surface area contributed by atoms with Crippen LogP contribution in [0.5, 0.6) is 6.01 Å². The van der Waals surface area contributed by atoms with E-state index in [1.165, 1.54) is 28.4 Å². The van der Waals surface area contributed by atoms with Gasteiger partial charge in [0, 0.05) is 80.1 Å². The molecule has 0 saturated carbocycles. The number of carbonyl (C=O) groups excluding carboxylic acids is 3. The van der Waals surface area contributed by atoms with Gasteiger partial charge in [0.1, 0.15) is 46.9 Å². The highest BCUT2D eigenvalue weighted by molar-refractivity contribution is 7.23. The Morgan fingerprint density at radius 1 is 1.05 bits per heavy atom. The van der Waals surface area contributed by atoms with Gasteiger partial charge < -0.3 is 51.2 Å². The van der Waals surface area contributed by atoms with Crippen LogP contribution < -0.4 is 31.3 Å². The van der Waals surface area contributed by atoms with Crippen LogP contribution in [-0.4, -0.2) is 148 Å². The molecule has 7 N–H and O–H groups in total. The molecule has 7 heterocycles. The van der Waals surface area contributed by atoms with Crippen LogP contribution in [0.4, 0.5) is 19.6 Å². The Labute approximate surface area is 475 Å². The molecule has 0 radical (unpaired) electrons. The molecular weight excluding hydrogens is 1090 g/mol. The van der Waals surface area contributed by atoms with E-state index in [2.05, 4.69) is 41.8 Å². The number of anilines is 2. The third kappa shape index (κ3) is 11.9. The largest absolute Gasteiger partial charge is 0.462 e. The number of thiophene rings is 1. The van der Waals surface area contributed by atoms with Crippen LogP contribution in [0.25, 0.3) is 42.6 Å². The molecule has 0 aliphatic carbocycles. The van der Waals surface area contributed by atoms with Gasteiger partial charge in [-0.15, -0.1) is 22.7 Å². The molecule has 4 fully saturated rings. The number of rotatable bonds is 19. The molecule has 3 aromatic carbocycles. The predicted molar refractivity (Wildman–Crippen MR) is 304 cm³/mol. The number of amides is 3. The number of nitrogen functional groups attached to an aromatic ring is 1. The van der Waals surface area contributed by atoms with E-state index in [9.17, 15) is 29.9 Å². The van der Waals surface area contributed by atoms with Crippen molar-refractivity contribution in [3.63, 3.8) is 0 Å². The number of aromatic nitrogens is 3. The summed E-state index contributed by atoms with van der Waals surface area (Å²) in [5, 5.41) is 41.2. The Bertz CT molecular complexity index is 3320. The van der Waals surface area contributed by atoms with Crippen LogP contribution >= 0.6 is 34.3 Å². The van der Waals surface area contributed by atoms with Gasteiger partial charge in [-0.3, -0.25) is 19.3 Å². The number of aliphatic hydroxyl groups excluding tert-OH is 2. The molecular formula is C57H66ClF2N11O7S2. The lowest BCUT2D eigenvalue weighted by atomic mass is 9.85. The Hall–Kier alpha value is -6.16. The number of carbonyl (C=O) groups is 3. The second-order valence-corrected chi connectivity index (χ2v) is 24.6. The summed E-state index contributed by atoms with van der Waals surface area (Å²) in [7, 11) is 0. The quantitative estimate of drug-likeness (QED) is 0.0438. The Balaban J connectivity index is 0.738. The first-order valence-electron chi connectivity index (χ1n) is 27.2. The van der Waals surface area contributed by atoms with Gasteiger partial charge in [0.2, 0.25) is 17.7 Å². The zero-order valence-electron chi connectivity index (χ0n) is 45.1. The van der Waals surface area contributed by atoms with Crippen molar-refractivity contribution in [2.45, 2.75) is 115 Å². The van der Waals surface area contributed by atoms with Gasteiger partial charge in [-0.1, -0.05) is 62.7 Å². The topological polar surface area (TPSA) is 244 Å². The monoisotopic (exact) mass is 1150 g/mol. The maximum atomic E-state index is 17.3. The zero-order valence-corrected chi connectivity index (χ0v) is 47.5. The van der Waals surface area contributed by atoms with E-state index >= 15 is 8.78 Å². The number of piperazine rings is 1. The molecule has 18 nitrogen and oxygen atoms in total. The molecule has 2 unspecified atom stereocenters. The summed E-state index contributed by atoms with van der Waals surface area (Å²) >= 11 is 9.39. The van der Waals surface area contributed by atoms with Crippen LogP contribution in [-0.2, 0) is 19.1 Å². The number of likely N-dealkylation sites (tertiary alicyclic amines) is 2. The number of ether oxygens (including phenoxy) is 2. The van der Waals surface area contributed by atoms with E-state index in [-0.39, 0.29) is 106 Å². The normalized spacial score (nSPS) is 21.1. The summed E-state index contributed by atoms with van der Waals surface area (Å²) in [5.41, 5.74) is 9.93. The van der Waals surface area contributed by atoms with Crippen molar-refractivity contribution >= 4 is 83.8 Å². The van der Waals surface area contributed by atoms with Crippen LogP contribution in [0, 0.1) is 35.3 Å². The van der Waals surface area contributed by atoms with Crippen molar-refractivity contribution < 1.29 is 42.9 Å². The van der Waals surface area contributed by atoms with Crippen molar-refractivity contribution in [1.29, 1.82) is 5.26 Å². The molecule has 80 heavy (non-hydrogen) atoms. The van der Waals surface area contributed by atoms with Gasteiger partial charge in [-0.05, 0) is 79.8 Å². The lowest BCUT2D eigenvalue weighted by Crippen LogP contribution is -2.58. The van der Waals surface area contributed by atoms with Gasteiger partial charge in [-0.25, -0.2) is 13.8 Å². The van der Waals surface area contributed by atoms with Crippen LogP contribution in [0.3, 0.4) is 0 Å². The minimum absolute atomic E-state index is 0.00259. The van der Waals surface area contributed by atoms with Gasteiger partial charge >= 0.3 is 6.01 Å². The predicted octanol–water partition coefficient (Wildman–Crippen LogP) is 7.25. The molecule has 6 aromatic rings. The summed E-state index contributed by atoms with van der Waals surface area (Å²) in [6, 6.07) is 11.5. The molecule has 10 rings (SSSR count). The van der Waals surface area contributed by atoms with E-state index in [4.69, 9.17) is 31.8 Å². The number of aryl methyl sites for hydroxylation is 1. The van der Waals surface area contributed by atoms with Gasteiger partial charge in [-0.2, -0.15) is 15.2 Å². The maximum absolute atomic E-state index is 17.3. The van der Waals surface area contributed by atoms with E-state index in [0.717, 1.165) is 59.7 Å². The first-order valence-corrected chi connectivity index (χ1v) is 29.2. The highest BCUT2D eigenvalue weighted by Crippen LogP contribution is 2.46. The molecule has 23 heteroatoms. The number of nitrogens with two attached hydrogens (primary N) is 1. The first kappa shape index (κ1) is 57.1. The summed E-state index contributed by atoms with van der Waals surface area (Å²) in [4.78, 5) is 62.2. The second-order valence-electron chi connectivity index (χ2n) is 22.3. The molecule has 7 atom stereocenters. The van der Waals surface area contributed by atoms with Gasteiger partial charge in [0.05, 0.1) is 56.7 Å². The number of fused-ring (bicyclic) bond motifs is 4. The number of aliphatic hydroxyl groups is 2. The summed E-state index contributed by atoms with van der Waals surface area (Å²) in [6.45, 7) is 10.4. The lowest BCUT2D eigenvalue weighted by Gasteiger charge is -2.35. The van der Waals surface area contributed by atoms with E-state index in [1.54, 1.807) is 11.6 Å². The third-order valence-electron chi connectivity index (χ3n) is 15.8. The number of nitriles is 1. The standard InChI is InChI=1S/C57H66ClF2N11O7S2/c1-30-49(79-29-63-30)32-10-8-31(9-11-32)42(27-72)65-54(75)43-21-36(73)26-71(43)55(76)51(57(2,3)4)66-44(74)16-20-77-19-6-18-69-17-5-7-35(69)28-78-56-67-48-38(53(68-56)70-24-33-12-13-34(25-70)64-33)22-40(58)46(47(48)60)37-14-15-41(59)50-45(37)39(23-61)52(62)80-50/h8-11,14-15,22,29,33-36,42-43,51,64,72-73H,5-7,12-13,16-21,24-28,62H2,1-4H3,(H,65,75)(H,66,74)/t33?,34?,35-,36+,42-,43-,51+/m0/s1. The number of hydrogen-bond donors (Lipinski definition) is 6. The molecule has 0 spiro atoms. The van der Waals surface area contributed by atoms with E-state index in [1.807, 2.05) is 52.0 Å². The van der Waals surface area contributed by atoms with Crippen LogP contribution in [0.2, 0.25) is 5.02 Å². The van der Waals surface area contributed by atoms with Crippen molar-refractivity contribution in [3.05, 3.63) is 81.5 Å². The number of thiazole rings is 1. The summed E-state index contributed by atoms with van der Waals surface area (Å²) < 4.78 is 44.8. The molecule has 4 aliphatic heterocycles. The Morgan fingerprint density at radius 3 is 2.51 bits per heavy atom. The number of halogens is 3. The highest BCUT2D eigenvalue weighted by Gasteiger charge is 2.45. The summed E-state index contributed by atoms with van der Waals surface area (Å²) in [5.74, 6) is -2.25. The molecule has 2 bridgehead atoms. The number of benzene rings is 3. The van der Waals surface area contributed by atoms with Crippen molar-refractivity contribution in [2.24, 2.45) is 5.41 Å². The smallest absolute Gasteiger partial charge is 0.319 e. The van der Waals surface area contributed by atoms with Gasteiger partial charge in [0.25, 0.3) is 0 Å². The molecule has 424 valence electrons. The summed E-state index contributed by atoms with van der Waals surface area (Å²) in [6.07, 6.45) is 3.49. The average Bonchev–Trinajstić information content (AvgIpc) is 4.32. The lowest BCUT2D eigenvalue weighted by molar-refractivity contribution is -0.144. The zero-order chi connectivity index (χ0) is 56.6. The molecule has 4 aliphatic rings. The number of β-amino-alcohol motifs (C(OH)–C–C–N with tert-alkyl or cyclic N) is 1. The molecule has 3 amide bonds. The second kappa shape index (κ2) is 24.1. The fraction of sp³-hybridized carbons (Fsp3) is 0.491. The van der Waals surface area contributed by atoms with Crippen LogP contribution in [0.1, 0.15) is 88.6 Å².